The third kappa shape index (κ3) is 3.17. The van der Waals surface area contributed by atoms with Gasteiger partial charge in [0.15, 0.2) is 11.5 Å². The van der Waals surface area contributed by atoms with E-state index in [0.717, 1.165) is 29.8 Å². The molecule has 1 atom stereocenters. The summed E-state index contributed by atoms with van der Waals surface area (Å²) in [5.41, 5.74) is 3.48. The van der Waals surface area contributed by atoms with Crippen molar-refractivity contribution >= 4 is 11.8 Å². The molecule has 0 fully saturated rings. The molecular formula is C17H19NO2S. The Balaban J connectivity index is 1.76. The second-order valence-corrected chi connectivity index (χ2v) is 6.51. The Morgan fingerprint density at radius 3 is 2.62 bits per heavy atom. The summed E-state index contributed by atoms with van der Waals surface area (Å²) in [6.45, 7) is 2.99. The average Bonchev–Trinajstić information content (AvgIpc) is 2.48. The van der Waals surface area contributed by atoms with E-state index in [9.17, 15) is 10.2 Å². The third-order valence-electron chi connectivity index (χ3n) is 3.83. The Labute approximate surface area is 129 Å². The monoisotopic (exact) mass is 301 g/mol. The molecule has 0 spiro atoms. The summed E-state index contributed by atoms with van der Waals surface area (Å²) in [4.78, 5) is 1.25. The molecule has 0 saturated heterocycles. The third-order valence-corrected chi connectivity index (χ3v) is 4.94. The average molecular weight is 301 g/mol. The van der Waals surface area contributed by atoms with Gasteiger partial charge < -0.3 is 15.5 Å². The summed E-state index contributed by atoms with van der Waals surface area (Å²) >= 11 is 1.80. The van der Waals surface area contributed by atoms with Gasteiger partial charge in [-0.15, -0.1) is 11.8 Å². The standard InChI is InChI=1S/C17H19NO2S/c1-11-2-4-13(5-3-11)21-10-15-14-9-17(20)16(19)8-12(14)6-7-18-15/h2-5,8-9,15,18-20H,6-7,10H2,1H3. The molecular weight excluding hydrogens is 282 g/mol. The molecule has 0 bridgehead atoms. The topological polar surface area (TPSA) is 52.5 Å². The highest BCUT2D eigenvalue weighted by atomic mass is 32.2. The van der Waals surface area contributed by atoms with Gasteiger partial charge in [-0.05, 0) is 55.3 Å². The molecule has 3 N–H and O–H groups in total. The van der Waals surface area contributed by atoms with E-state index in [-0.39, 0.29) is 17.5 Å². The molecule has 0 saturated carbocycles. The van der Waals surface area contributed by atoms with E-state index in [1.165, 1.54) is 10.5 Å². The summed E-state index contributed by atoms with van der Waals surface area (Å²) in [5.74, 6) is 0.837. The fourth-order valence-electron chi connectivity index (χ4n) is 2.63. The van der Waals surface area contributed by atoms with Gasteiger partial charge in [0.25, 0.3) is 0 Å². The highest BCUT2D eigenvalue weighted by Crippen LogP contribution is 2.35. The molecule has 0 amide bonds. The van der Waals surface area contributed by atoms with E-state index in [1.54, 1.807) is 23.9 Å². The van der Waals surface area contributed by atoms with Crippen LogP contribution in [0.5, 0.6) is 11.5 Å². The van der Waals surface area contributed by atoms with Gasteiger partial charge in [-0.2, -0.15) is 0 Å². The van der Waals surface area contributed by atoms with Crippen LogP contribution in [0.15, 0.2) is 41.3 Å². The zero-order chi connectivity index (χ0) is 14.8. The van der Waals surface area contributed by atoms with Crippen LogP contribution in [0.2, 0.25) is 0 Å². The maximum Gasteiger partial charge on any atom is 0.157 e. The lowest BCUT2D eigenvalue weighted by atomic mass is 9.94. The molecule has 1 aliphatic heterocycles. The van der Waals surface area contributed by atoms with Crippen LogP contribution in [0.25, 0.3) is 0 Å². The largest absolute Gasteiger partial charge is 0.504 e. The van der Waals surface area contributed by atoms with Crippen molar-refractivity contribution < 1.29 is 10.2 Å². The van der Waals surface area contributed by atoms with Crippen molar-refractivity contribution in [2.75, 3.05) is 12.3 Å². The molecule has 2 aromatic carbocycles. The first-order valence-electron chi connectivity index (χ1n) is 7.11. The number of phenolic OH excluding ortho intramolecular Hbond substituents is 2. The van der Waals surface area contributed by atoms with E-state index in [2.05, 4.69) is 36.5 Å². The fraction of sp³-hybridized carbons (Fsp3) is 0.294. The van der Waals surface area contributed by atoms with Crippen molar-refractivity contribution in [2.24, 2.45) is 0 Å². The number of aromatic hydroxyl groups is 2. The van der Waals surface area contributed by atoms with Gasteiger partial charge in [0.2, 0.25) is 0 Å². The van der Waals surface area contributed by atoms with Crippen molar-refractivity contribution in [1.82, 2.24) is 5.32 Å². The van der Waals surface area contributed by atoms with Crippen LogP contribution in [0.1, 0.15) is 22.7 Å². The van der Waals surface area contributed by atoms with Gasteiger partial charge in [-0.1, -0.05) is 17.7 Å². The molecule has 4 heteroatoms. The number of nitrogens with one attached hydrogen (secondary N) is 1. The minimum Gasteiger partial charge on any atom is -0.504 e. The van der Waals surface area contributed by atoms with Crippen molar-refractivity contribution in [1.29, 1.82) is 0 Å². The number of rotatable bonds is 3. The summed E-state index contributed by atoms with van der Waals surface area (Å²) in [6, 6.07) is 12.1. The van der Waals surface area contributed by atoms with Gasteiger partial charge in [-0.3, -0.25) is 0 Å². The van der Waals surface area contributed by atoms with Gasteiger partial charge in [-0.25, -0.2) is 0 Å². The first-order valence-corrected chi connectivity index (χ1v) is 8.09. The van der Waals surface area contributed by atoms with Gasteiger partial charge in [0.1, 0.15) is 0 Å². The number of phenols is 2. The highest BCUT2D eigenvalue weighted by Gasteiger charge is 2.21. The number of benzene rings is 2. The van der Waals surface area contributed by atoms with Crippen LogP contribution < -0.4 is 5.32 Å². The van der Waals surface area contributed by atoms with Crippen molar-refractivity contribution in [2.45, 2.75) is 24.3 Å². The smallest absolute Gasteiger partial charge is 0.157 e. The van der Waals surface area contributed by atoms with Crippen LogP contribution in [-0.2, 0) is 6.42 Å². The molecule has 1 unspecified atom stereocenters. The molecule has 0 aromatic heterocycles. The Morgan fingerprint density at radius 1 is 1.14 bits per heavy atom. The van der Waals surface area contributed by atoms with E-state index < -0.39 is 0 Å². The first kappa shape index (κ1) is 14.3. The highest BCUT2D eigenvalue weighted by molar-refractivity contribution is 7.99. The molecule has 0 radical (unpaired) electrons. The molecule has 1 aliphatic rings. The SMILES string of the molecule is Cc1ccc(SCC2NCCc3cc(O)c(O)cc32)cc1. The molecule has 110 valence electrons. The van der Waals surface area contributed by atoms with Gasteiger partial charge in [0.05, 0.1) is 0 Å². The summed E-state index contributed by atoms with van der Waals surface area (Å²) < 4.78 is 0. The van der Waals surface area contributed by atoms with E-state index in [1.807, 2.05) is 0 Å². The van der Waals surface area contributed by atoms with E-state index in [0.29, 0.717) is 0 Å². The number of hydrogen-bond acceptors (Lipinski definition) is 4. The predicted octanol–water partition coefficient (Wildman–Crippen LogP) is 3.39. The molecule has 3 rings (SSSR count). The first-order chi connectivity index (χ1) is 10.1. The van der Waals surface area contributed by atoms with E-state index >= 15 is 0 Å². The minimum absolute atomic E-state index is 0.0272. The van der Waals surface area contributed by atoms with Crippen molar-refractivity contribution in [3.63, 3.8) is 0 Å². The van der Waals surface area contributed by atoms with Crippen LogP contribution in [0, 0.1) is 6.92 Å². The summed E-state index contributed by atoms with van der Waals surface area (Å²) in [6.07, 6.45) is 0.884. The summed E-state index contributed by atoms with van der Waals surface area (Å²) in [7, 11) is 0. The second kappa shape index (κ2) is 6.00. The second-order valence-electron chi connectivity index (χ2n) is 5.42. The molecule has 21 heavy (non-hydrogen) atoms. The van der Waals surface area contributed by atoms with Crippen LogP contribution >= 0.6 is 11.8 Å². The molecule has 2 aromatic rings. The summed E-state index contributed by atoms with van der Waals surface area (Å²) in [5, 5.41) is 22.8. The minimum atomic E-state index is -0.0391. The van der Waals surface area contributed by atoms with Crippen LogP contribution in [0.4, 0.5) is 0 Å². The van der Waals surface area contributed by atoms with Crippen LogP contribution in [0.3, 0.4) is 0 Å². The fourth-order valence-corrected chi connectivity index (χ4v) is 3.62. The Hall–Kier alpha value is -1.65. The Morgan fingerprint density at radius 2 is 1.86 bits per heavy atom. The Kier molecular flexibility index (Phi) is 4.08. The molecule has 3 nitrogen and oxygen atoms in total. The van der Waals surface area contributed by atoms with Gasteiger partial charge >= 0.3 is 0 Å². The lowest BCUT2D eigenvalue weighted by Crippen LogP contribution is -2.31. The normalized spacial score (nSPS) is 17.5. The zero-order valence-corrected chi connectivity index (χ0v) is 12.8. The maximum absolute atomic E-state index is 9.72. The number of fused-ring (bicyclic) bond motifs is 1. The number of thioether (sulfide) groups is 1. The number of hydrogen-bond donors (Lipinski definition) is 3. The lowest BCUT2D eigenvalue weighted by Gasteiger charge is -2.27. The van der Waals surface area contributed by atoms with Gasteiger partial charge in [0, 0.05) is 16.7 Å². The molecule has 0 aliphatic carbocycles. The molecule has 1 heterocycles. The Bertz CT molecular complexity index is 640. The van der Waals surface area contributed by atoms with Crippen molar-refractivity contribution in [3.05, 3.63) is 53.1 Å². The van der Waals surface area contributed by atoms with Crippen LogP contribution in [-0.4, -0.2) is 22.5 Å². The number of aryl methyl sites for hydroxylation is 1. The lowest BCUT2D eigenvalue weighted by molar-refractivity contribution is 0.400. The van der Waals surface area contributed by atoms with E-state index in [4.69, 9.17) is 0 Å². The quantitative estimate of drug-likeness (QED) is 0.601. The zero-order valence-electron chi connectivity index (χ0n) is 12.0. The predicted molar refractivity (Wildman–Crippen MR) is 86.1 cm³/mol. The van der Waals surface area contributed by atoms with Crippen molar-refractivity contribution in [3.8, 4) is 11.5 Å². The maximum atomic E-state index is 9.72.